The molecule has 2 rings (SSSR count). The van der Waals surface area contributed by atoms with Crippen molar-refractivity contribution in [3.8, 4) is 0 Å². The van der Waals surface area contributed by atoms with Crippen LogP contribution >= 0.6 is 15.9 Å². The highest BCUT2D eigenvalue weighted by molar-refractivity contribution is 9.10. The first kappa shape index (κ1) is 16.2. The fraction of sp³-hybridized carbons (Fsp3) is 0.471. The summed E-state index contributed by atoms with van der Waals surface area (Å²) in [5, 5.41) is 8.15. The molecular weight excluding hydrogens is 326 g/mol. The SMILES string of the molecule is CCCNC(c1cc(Br)ccc1C)c1ccnn1CCC. The lowest BCUT2D eigenvalue weighted by Crippen LogP contribution is -2.26. The molecular formula is C17H24BrN3. The van der Waals surface area contributed by atoms with Crippen molar-refractivity contribution >= 4 is 15.9 Å². The van der Waals surface area contributed by atoms with Crippen LogP contribution in [-0.4, -0.2) is 16.3 Å². The van der Waals surface area contributed by atoms with Gasteiger partial charge in [0.2, 0.25) is 0 Å². The van der Waals surface area contributed by atoms with E-state index in [0.717, 1.165) is 30.4 Å². The fourth-order valence-electron chi connectivity index (χ4n) is 2.57. The molecule has 0 fully saturated rings. The predicted molar refractivity (Wildman–Crippen MR) is 91.5 cm³/mol. The molecule has 1 aromatic carbocycles. The Bertz CT molecular complexity index is 577. The van der Waals surface area contributed by atoms with Gasteiger partial charge in [-0.15, -0.1) is 0 Å². The van der Waals surface area contributed by atoms with Gasteiger partial charge in [-0.3, -0.25) is 4.68 Å². The first-order valence-electron chi connectivity index (χ1n) is 7.68. The molecule has 4 heteroatoms. The summed E-state index contributed by atoms with van der Waals surface area (Å²) in [4.78, 5) is 0. The number of hydrogen-bond donors (Lipinski definition) is 1. The average Bonchev–Trinajstić information content (AvgIpc) is 2.92. The molecule has 0 radical (unpaired) electrons. The summed E-state index contributed by atoms with van der Waals surface area (Å²) in [5.74, 6) is 0. The van der Waals surface area contributed by atoms with Crippen LogP contribution < -0.4 is 5.32 Å². The van der Waals surface area contributed by atoms with Gasteiger partial charge in [0, 0.05) is 17.2 Å². The van der Waals surface area contributed by atoms with E-state index in [-0.39, 0.29) is 6.04 Å². The Hall–Kier alpha value is -1.13. The summed E-state index contributed by atoms with van der Waals surface area (Å²) in [6.07, 6.45) is 4.11. The summed E-state index contributed by atoms with van der Waals surface area (Å²) in [6, 6.07) is 8.80. The maximum atomic E-state index is 4.48. The van der Waals surface area contributed by atoms with E-state index in [2.05, 4.69) is 76.1 Å². The molecule has 0 amide bonds. The largest absolute Gasteiger partial charge is 0.305 e. The van der Waals surface area contributed by atoms with Gasteiger partial charge in [0.1, 0.15) is 0 Å². The zero-order valence-corrected chi connectivity index (χ0v) is 14.7. The van der Waals surface area contributed by atoms with Crippen LogP contribution in [0.1, 0.15) is 49.6 Å². The van der Waals surface area contributed by atoms with Crippen molar-refractivity contribution in [3.05, 3.63) is 51.8 Å². The minimum absolute atomic E-state index is 0.191. The molecule has 0 saturated heterocycles. The van der Waals surface area contributed by atoms with Gasteiger partial charge in [0.25, 0.3) is 0 Å². The standard InChI is InChI=1S/C17H24BrN3/c1-4-9-19-17(15-12-14(18)7-6-13(15)3)16-8-10-20-21(16)11-5-2/h6-8,10,12,17,19H,4-5,9,11H2,1-3H3. The number of aryl methyl sites for hydroxylation is 2. The molecule has 2 aromatic rings. The molecule has 1 heterocycles. The summed E-state index contributed by atoms with van der Waals surface area (Å²) in [6.45, 7) is 8.50. The van der Waals surface area contributed by atoms with Crippen molar-refractivity contribution in [1.29, 1.82) is 0 Å². The first-order valence-corrected chi connectivity index (χ1v) is 8.47. The van der Waals surface area contributed by atoms with Gasteiger partial charge < -0.3 is 5.32 Å². The molecule has 1 N–H and O–H groups in total. The van der Waals surface area contributed by atoms with Gasteiger partial charge in [-0.25, -0.2) is 0 Å². The minimum Gasteiger partial charge on any atom is -0.305 e. The van der Waals surface area contributed by atoms with Crippen LogP contribution in [0.2, 0.25) is 0 Å². The zero-order chi connectivity index (χ0) is 15.2. The van der Waals surface area contributed by atoms with Crippen LogP contribution in [0.15, 0.2) is 34.9 Å². The number of halogens is 1. The van der Waals surface area contributed by atoms with Crippen LogP contribution in [0, 0.1) is 6.92 Å². The molecule has 1 aromatic heterocycles. The van der Waals surface area contributed by atoms with E-state index in [1.54, 1.807) is 0 Å². The van der Waals surface area contributed by atoms with Crippen LogP contribution in [0.25, 0.3) is 0 Å². The van der Waals surface area contributed by atoms with Gasteiger partial charge in [-0.1, -0.05) is 35.8 Å². The first-order chi connectivity index (χ1) is 10.2. The lowest BCUT2D eigenvalue weighted by atomic mass is 9.98. The monoisotopic (exact) mass is 349 g/mol. The molecule has 0 saturated carbocycles. The quantitative estimate of drug-likeness (QED) is 0.799. The highest BCUT2D eigenvalue weighted by Gasteiger charge is 2.19. The van der Waals surface area contributed by atoms with E-state index in [1.165, 1.54) is 16.8 Å². The molecule has 3 nitrogen and oxygen atoms in total. The normalized spacial score (nSPS) is 12.6. The Morgan fingerprint density at radius 2 is 2.05 bits per heavy atom. The lowest BCUT2D eigenvalue weighted by molar-refractivity contribution is 0.510. The van der Waals surface area contributed by atoms with Crippen molar-refractivity contribution in [2.45, 2.75) is 46.2 Å². The molecule has 0 aliphatic heterocycles. The highest BCUT2D eigenvalue weighted by atomic mass is 79.9. The van der Waals surface area contributed by atoms with E-state index < -0.39 is 0 Å². The van der Waals surface area contributed by atoms with E-state index in [9.17, 15) is 0 Å². The molecule has 0 bridgehead atoms. The molecule has 0 aliphatic carbocycles. The van der Waals surface area contributed by atoms with Gasteiger partial charge >= 0.3 is 0 Å². The van der Waals surface area contributed by atoms with Crippen molar-refractivity contribution in [3.63, 3.8) is 0 Å². The average molecular weight is 350 g/mol. The number of nitrogens with zero attached hydrogens (tertiary/aromatic N) is 2. The summed E-state index contributed by atoms with van der Waals surface area (Å²) in [7, 11) is 0. The maximum Gasteiger partial charge on any atom is 0.0751 e. The van der Waals surface area contributed by atoms with E-state index >= 15 is 0 Å². The third kappa shape index (κ3) is 3.95. The molecule has 1 atom stereocenters. The number of aromatic nitrogens is 2. The Morgan fingerprint density at radius 3 is 2.76 bits per heavy atom. The summed E-state index contributed by atoms with van der Waals surface area (Å²) >= 11 is 3.60. The molecule has 21 heavy (non-hydrogen) atoms. The number of rotatable bonds is 7. The molecule has 0 aliphatic rings. The summed E-state index contributed by atoms with van der Waals surface area (Å²) < 4.78 is 3.24. The number of nitrogens with one attached hydrogen (secondary N) is 1. The molecule has 114 valence electrons. The number of benzene rings is 1. The Labute approximate surface area is 135 Å². The van der Waals surface area contributed by atoms with Crippen LogP contribution in [-0.2, 0) is 6.54 Å². The van der Waals surface area contributed by atoms with Gasteiger partial charge in [-0.2, -0.15) is 5.10 Å². The zero-order valence-electron chi connectivity index (χ0n) is 13.1. The smallest absolute Gasteiger partial charge is 0.0751 e. The Balaban J connectivity index is 2.42. The maximum absolute atomic E-state index is 4.48. The minimum atomic E-state index is 0.191. The predicted octanol–water partition coefficient (Wildman–Crippen LogP) is 4.45. The van der Waals surface area contributed by atoms with Gasteiger partial charge in [0.15, 0.2) is 0 Å². The second kappa shape index (κ2) is 7.76. The van der Waals surface area contributed by atoms with Crippen molar-refractivity contribution in [2.24, 2.45) is 0 Å². The third-order valence-electron chi connectivity index (χ3n) is 3.63. The Kier molecular flexibility index (Phi) is 6.00. The third-order valence-corrected chi connectivity index (χ3v) is 4.12. The van der Waals surface area contributed by atoms with Gasteiger partial charge in [-0.05, 0) is 55.6 Å². The van der Waals surface area contributed by atoms with Crippen molar-refractivity contribution in [1.82, 2.24) is 15.1 Å². The second-order valence-electron chi connectivity index (χ2n) is 5.37. The van der Waals surface area contributed by atoms with E-state index in [0.29, 0.717) is 0 Å². The lowest BCUT2D eigenvalue weighted by Gasteiger charge is -2.22. The van der Waals surface area contributed by atoms with Crippen molar-refractivity contribution < 1.29 is 0 Å². The highest BCUT2D eigenvalue weighted by Crippen LogP contribution is 2.27. The second-order valence-corrected chi connectivity index (χ2v) is 6.28. The van der Waals surface area contributed by atoms with E-state index in [1.807, 2.05) is 6.20 Å². The van der Waals surface area contributed by atoms with Crippen LogP contribution in [0.4, 0.5) is 0 Å². The molecule has 1 unspecified atom stereocenters. The van der Waals surface area contributed by atoms with Gasteiger partial charge in [0.05, 0.1) is 11.7 Å². The Morgan fingerprint density at radius 1 is 1.24 bits per heavy atom. The fourth-order valence-corrected chi connectivity index (χ4v) is 2.95. The van der Waals surface area contributed by atoms with Crippen LogP contribution in [0.3, 0.4) is 0 Å². The topological polar surface area (TPSA) is 29.9 Å². The summed E-state index contributed by atoms with van der Waals surface area (Å²) in [5.41, 5.74) is 3.86. The van der Waals surface area contributed by atoms with E-state index in [4.69, 9.17) is 0 Å². The molecule has 0 spiro atoms. The van der Waals surface area contributed by atoms with Crippen molar-refractivity contribution in [2.75, 3.05) is 6.54 Å². The van der Waals surface area contributed by atoms with Crippen LogP contribution in [0.5, 0.6) is 0 Å². The number of hydrogen-bond acceptors (Lipinski definition) is 2.